The van der Waals surface area contributed by atoms with E-state index in [0.717, 1.165) is 22.4 Å². The van der Waals surface area contributed by atoms with E-state index in [1.165, 1.54) is 4.90 Å². The van der Waals surface area contributed by atoms with Crippen molar-refractivity contribution in [2.24, 2.45) is 5.92 Å². The van der Waals surface area contributed by atoms with Crippen molar-refractivity contribution in [3.8, 4) is 5.75 Å². The zero-order valence-electron chi connectivity index (χ0n) is 26.1. The Balaban J connectivity index is 1.73. The summed E-state index contributed by atoms with van der Waals surface area (Å²) in [5, 5.41) is 6.17. The largest absolute Gasteiger partial charge is 0.489 e. The second-order valence-corrected chi connectivity index (χ2v) is 13.2. The van der Waals surface area contributed by atoms with Crippen molar-refractivity contribution >= 4 is 23.6 Å². The smallest absolute Gasteiger partial charge is 0.243 e. The van der Waals surface area contributed by atoms with Crippen LogP contribution in [0.25, 0.3) is 0 Å². The number of carbonyl (C=O) groups is 2. The fraction of sp³-hybridized carbons (Fsp3) is 0.429. The van der Waals surface area contributed by atoms with E-state index in [4.69, 9.17) is 4.74 Å². The van der Waals surface area contributed by atoms with Crippen LogP contribution >= 0.6 is 11.8 Å². The highest BCUT2D eigenvalue weighted by Crippen LogP contribution is 2.19. The van der Waals surface area contributed by atoms with Crippen LogP contribution in [0.3, 0.4) is 0 Å². The van der Waals surface area contributed by atoms with Gasteiger partial charge < -0.3 is 15.4 Å². The maximum Gasteiger partial charge on any atom is 0.243 e. The second kappa shape index (κ2) is 15.8. The third-order valence-electron chi connectivity index (χ3n) is 6.86. The summed E-state index contributed by atoms with van der Waals surface area (Å²) in [5.41, 5.74) is 2.76. The van der Waals surface area contributed by atoms with Gasteiger partial charge >= 0.3 is 0 Å². The van der Waals surface area contributed by atoms with E-state index in [0.29, 0.717) is 31.9 Å². The van der Waals surface area contributed by atoms with Gasteiger partial charge in [-0.2, -0.15) is 0 Å². The maximum absolute atomic E-state index is 13.8. The SMILES string of the molecule is CSc1ccc(CN(C)[C@@H](CC(C)C)C(=O)N[C@@H](Cc2ccc(OCc3ccccc3)cc2)C(=O)NC(C)(C)C)cc1. The molecule has 0 fully saturated rings. The van der Waals surface area contributed by atoms with Crippen molar-refractivity contribution < 1.29 is 14.3 Å². The summed E-state index contributed by atoms with van der Waals surface area (Å²) in [7, 11) is 1.98. The first-order valence-corrected chi connectivity index (χ1v) is 15.9. The molecule has 6 nitrogen and oxygen atoms in total. The van der Waals surface area contributed by atoms with Crippen LogP contribution in [0.4, 0.5) is 0 Å². The van der Waals surface area contributed by atoms with Gasteiger partial charge in [-0.05, 0) is 87.4 Å². The van der Waals surface area contributed by atoms with Gasteiger partial charge in [0.15, 0.2) is 0 Å². The van der Waals surface area contributed by atoms with Gasteiger partial charge in [0.05, 0.1) is 6.04 Å². The molecule has 2 N–H and O–H groups in total. The van der Waals surface area contributed by atoms with Crippen LogP contribution in [0.1, 0.15) is 57.7 Å². The molecule has 0 aliphatic carbocycles. The first-order valence-electron chi connectivity index (χ1n) is 14.6. The summed E-state index contributed by atoms with van der Waals surface area (Å²) in [6, 6.07) is 25.1. The highest BCUT2D eigenvalue weighted by Gasteiger charge is 2.30. The van der Waals surface area contributed by atoms with E-state index in [1.54, 1.807) is 11.8 Å². The summed E-state index contributed by atoms with van der Waals surface area (Å²) < 4.78 is 5.93. The molecule has 0 bridgehead atoms. The molecule has 226 valence electrons. The predicted molar refractivity (Wildman–Crippen MR) is 174 cm³/mol. The Labute approximate surface area is 256 Å². The molecule has 3 rings (SSSR count). The molecule has 0 spiro atoms. The van der Waals surface area contributed by atoms with E-state index in [1.807, 2.05) is 82.4 Å². The highest BCUT2D eigenvalue weighted by atomic mass is 32.2. The first-order chi connectivity index (χ1) is 19.9. The highest BCUT2D eigenvalue weighted by molar-refractivity contribution is 7.98. The molecule has 2 atom stereocenters. The first kappa shape index (κ1) is 33.2. The summed E-state index contributed by atoms with van der Waals surface area (Å²) in [5.74, 6) is 0.738. The predicted octanol–water partition coefficient (Wildman–Crippen LogP) is 6.48. The molecule has 0 heterocycles. The number of ether oxygens (including phenoxy) is 1. The van der Waals surface area contributed by atoms with E-state index in [-0.39, 0.29) is 17.9 Å². The van der Waals surface area contributed by atoms with E-state index < -0.39 is 11.6 Å². The molecule has 0 saturated carbocycles. The van der Waals surface area contributed by atoms with Crippen LogP contribution in [-0.4, -0.2) is 47.6 Å². The van der Waals surface area contributed by atoms with E-state index in [2.05, 4.69) is 59.9 Å². The zero-order valence-corrected chi connectivity index (χ0v) is 27.0. The minimum Gasteiger partial charge on any atom is -0.489 e. The van der Waals surface area contributed by atoms with Gasteiger partial charge in [0.1, 0.15) is 18.4 Å². The van der Waals surface area contributed by atoms with Gasteiger partial charge in [-0.25, -0.2) is 0 Å². The Hall–Kier alpha value is -3.29. The van der Waals surface area contributed by atoms with E-state index in [9.17, 15) is 9.59 Å². The van der Waals surface area contributed by atoms with Crippen molar-refractivity contribution in [3.63, 3.8) is 0 Å². The lowest BCUT2D eigenvalue weighted by Gasteiger charge is -2.31. The standard InChI is InChI=1S/C35H47N3O3S/c1-25(2)21-32(38(6)23-27-15-19-30(42-7)20-16-27)34(40)36-31(33(39)37-35(3,4)5)22-26-13-17-29(18-14-26)41-24-28-11-9-8-10-12-28/h8-20,25,31-32H,21-24H2,1-7H3,(H,36,40)(H,37,39)/t31-,32-/m0/s1. The minimum absolute atomic E-state index is 0.135. The Bertz CT molecular complexity index is 1260. The van der Waals surface area contributed by atoms with E-state index >= 15 is 0 Å². The van der Waals surface area contributed by atoms with Crippen molar-refractivity contribution in [2.75, 3.05) is 13.3 Å². The van der Waals surface area contributed by atoms with Gasteiger partial charge in [0, 0.05) is 23.4 Å². The van der Waals surface area contributed by atoms with Crippen LogP contribution in [-0.2, 0) is 29.2 Å². The summed E-state index contributed by atoms with van der Waals surface area (Å²) >= 11 is 1.71. The number of nitrogens with zero attached hydrogens (tertiary/aromatic N) is 1. The number of benzene rings is 3. The van der Waals surface area contributed by atoms with Crippen LogP contribution in [0.15, 0.2) is 83.8 Å². The number of amides is 2. The lowest BCUT2D eigenvalue weighted by Crippen LogP contribution is -2.56. The van der Waals surface area contributed by atoms with Crippen LogP contribution in [0.5, 0.6) is 5.75 Å². The fourth-order valence-corrected chi connectivity index (χ4v) is 5.10. The molecule has 42 heavy (non-hydrogen) atoms. The Morgan fingerprint density at radius 1 is 0.857 bits per heavy atom. The van der Waals surface area contributed by atoms with Crippen molar-refractivity contribution in [1.82, 2.24) is 15.5 Å². The number of nitrogens with one attached hydrogen (secondary N) is 2. The maximum atomic E-state index is 13.8. The van der Waals surface area contributed by atoms with Crippen molar-refractivity contribution in [1.29, 1.82) is 0 Å². The molecule has 0 aliphatic rings. The molecule has 0 unspecified atom stereocenters. The molecule has 3 aromatic carbocycles. The lowest BCUT2D eigenvalue weighted by atomic mass is 9.99. The average Bonchev–Trinajstić information content (AvgIpc) is 2.95. The Kier molecular flexibility index (Phi) is 12.5. The van der Waals surface area contributed by atoms with Gasteiger partial charge in [-0.1, -0.05) is 68.4 Å². The summed E-state index contributed by atoms with van der Waals surface area (Å²) in [6.45, 7) is 11.2. The summed E-state index contributed by atoms with van der Waals surface area (Å²) in [6.07, 6.45) is 3.12. The number of carbonyl (C=O) groups excluding carboxylic acids is 2. The Morgan fingerprint density at radius 2 is 1.48 bits per heavy atom. The molecule has 7 heteroatoms. The minimum atomic E-state index is -0.711. The number of hydrogen-bond donors (Lipinski definition) is 2. The van der Waals surface area contributed by atoms with Crippen LogP contribution in [0, 0.1) is 5.92 Å². The molecule has 0 radical (unpaired) electrons. The van der Waals surface area contributed by atoms with Crippen LogP contribution in [0.2, 0.25) is 0 Å². The number of rotatable bonds is 14. The van der Waals surface area contributed by atoms with Gasteiger partial charge in [0.2, 0.25) is 11.8 Å². The molecule has 0 saturated heterocycles. The van der Waals surface area contributed by atoms with Crippen LogP contribution < -0.4 is 15.4 Å². The molecule has 2 amide bonds. The summed E-state index contributed by atoms with van der Waals surface area (Å²) in [4.78, 5) is 30.5. The second-order valence-electron chi connectivity index (χ2n) is 12.3. The third-order valence-corrected chi connectivity index (χ3v) is 7.61. The molecule has 0 aromatic heterocycles. The molecule has 0 aliphatic heterocycles. The fourth-order valence-electron chi connectivity index (χ4n) is 4.70. The quantitative estimate of drug-likeness (QED) is 0.211. The lowest BCUT2D eigenvalue weighted by molar-refractivity contribution is -0.132. The monoisotopic (exact) mass is 589 g/mol. The molecule has 3 aromatic rings. The topological polar surface area (TPSA) is 70.7 Å². The number of hydrogen-bond acceptors (Lipinski definition) is 5. The third kappa shape index (κ3) is 11.2. The normalized spacial score (nSPS) is 13.1. The van der Waals surface area contributed by atoms with Gasteiger partial charge in [-0.3, -0.25) is 14.5 Å². The molecular weight excluding hydrogens is 542 g/mol. The molecular formula is C35H47N3O3S. The number of thioether (sulfide) groups is 1. The average molecular weight is 590 g/mol. The number of likely N-dealkylation sites (N-methyl/N-ethyl adjacent to an activating group) is 1. The van der Waals surface area contributed by atoms with Gasteiger partial charge in [-0.15, -0.1) is 11.8 Å². The van der Waals surface area contributed by atoms with Gasteiger partial charge in [0.25, 0.3) is 0 Å². The van der Waals surface area contributed by atoms with Crippen molar-refractivity contribution in [3.05, 3.63) is 95.6 Å². The Morgan fingerprint density at radius 3 is 2.05 bits per heavy atom. The zero-order chi connectivity index (χ0) is 30.7. The van der Waals surface area contributed by atoms with Crippen molar-refractivity contribution in [2.45, 2.75) is 83.1 Å².